The lowest BCUT2D eigenvalue weighted by Crippen LogP contribution is -2.11. The molecule has 1 aliphatic rings. The van der Waals surface area contributed by atoms with Crippen molar-refractivity contribution in [1.29, 1.82) is 5.26 Å². The summed E-state index contributed by atoms with van der Waals surface area (Å²) in [5, 5.41) is 11.6. The number of hydrogen-bond donors (Lipinski definition) is 1. The highest BCUT2D eigenvalue weighted by atomic mass is 16.7. The smallest absolute Gasteiger partial charge is 0.255 e. The maximum absolute atomic E-state index is 12.1. The van der Waals surface area contributed by atoms with E-state index in [0.717, 1.165) is 0 Å². The van der Waals surface area contributed by atoms with Crippen LogP contribution in [0.5, 0.6) is 11.5 Å². The molecule has 0 unspecified atom stereocenters. The van der Waals surface area contributed by atoms with Crippen molar-refractivity contribution in [2.75, 3.05) is 12.1 Å². The Morgan fingerprint density at radius 3 is 2.85 bits per heavy atom. The van der Waals surface area contributed by atoms with Crippen molar-refractivity contribution in [2.24, 2.45) is 0 Å². The van der Waals surface area contributed by atoms with Crippen LogP contribution in [-0.2, 0) is 0 Å². The van der Waals surface area contributed by atoms with Crippen LogP contribution in [0.4, 0.5) is 5.69 Å². The van der Waals surface area contributed by atoms with E-state index < -0.39 is 0 Å². The van der Waals surface area contributed by atoms with E-state index in [-0.39, 0.29) is 12.7 Å². The third-order valence-electron chi connectivity index (χ3n) is 2.88. The largest absolute Gasteiger partial charge is 0.454 e. The van der Waals surface area contributed by atoms with Crippen LogP contribution in [0.2, 0.25) is 0 Å². The molecule has 1 heterocycles. The van der Waals surface area contributed by atoms with Gasteiger partial charge in [0.05, 0.1) is 11.6 Å². The van der Waals surface area contributed by atoms with Crippen LogP contribution in [0.1, 0.15) is 15.9 Å². The molecule has 5 heteroatoms. The van der Waals surface area contributed by atoms with E-state index in [0.29, 0.717) is 28.3 Å². The zero-order valence-electron chi connectivity index (χ0n) is 10.4. The maximum atomic E-state index is 12.1. The van der Waals surface area contributed by atoms with Gasteiger partial charge in [0.15, 0.2) is 11.5 Å². The van der Waals surface area contributed by atoms with Gasteiger partial charge in [0.25, 0.3) is 5.91 Å². The average Bonchev–Trinajstić information content (AvgIpc) is 2.94. The number of carbonyl (C=O) groups excluding carboxylic acids is 1. The summed E-state index contributed by atoms with van der Waals surface area (Å²) in [6.07, 6.45) is 0. The second kappa shape index (κ2) is 4.94. The van der Waals surface area contributed by atoms with Crippen LogP contribution in [-0.4, -0.2) is 12.7 Å². The van der Waals surface area contributed by atoms with Crippen LogP contribution in [0.3, 0.4) is 0 Å². The molecule has 2 aromatic carbocycles. The van der Waals surface area contributed by atoms with Crippen molar-refractivity contribution in [3.63, 3.8) is 0 Å². The molecule has 0 bridgehead atoms. The van der Waals surface area contributed by atoms with Crippen molar-refractivity contribution in [3.8, 4) is 17.6 Å². The van der Waals surface area contributed by atoms with Crippen molar-refractivity contribution in [1.82, 2.24) is 0 Å². The zero-order chi connectivity index (χ0) is 13.9. The summed E-state index contributed by atoms with van der Waals surface area (Å²) >= 11 is 0. The molecule has 1 amide bonds. The Labute approximate surface area is 115 Å². The predicted molar refractivity (Wildman–Crippen MR) is 71.7 cm³/mol. The number of fused-ring (bicyclic) bond motifs is 1. The SMILES string of the molecule is N#Cc1cccc(NC(=O)c2ccc3c(c2)OCO3)c1. The molecule has 0 fully saturated rings. The number of carbonyl (C=O) groups is 1. The number of nitrogens with zero attached hydrogens (tertiary/aromatic N) is 1. The minimum Gasteiger partial charge on any atom is -0.454 e. The van der Waals surface area contributed by atoms with E-state index in [1.807, 2.05) is 6.07 Å². The number of benzene rings is 2. The van der Waals surface area contributed by atoms with Gasteiger partial charge in [-0.2, -0.15) is 5.26 Å². The first-order chi connectivity index (χ1) is 9.76. The fraction of sp³-hybridized carbons (Fsp3) is 0.0667. The Morgan fingerprint density at radius 2 is 2.00 bits per heavy atom. The van der Waals surface area contributed by atoms with Crippen LogP contribution in [0, 0.1) is 11.3 Å². The highest BCUT2D eigenvalue weighted by Crippen LogP contribution is 2.32. The van der Waals surface area contributed by atoms with E-state index in [9.17, 15) is 4.79 Å². The molecule has 3 rings (SSSR count). The number of hydrogen-bond acceptors (Lipinski definition) is 4. The quantitative estimate of drug-likeness (QED) is 0.906. The van der Waals surface area contributed by atoms with Crippen molar-refractivity contribution in [3.05, 3.63) is 53.6 Å². The highest BCUT2D eigenvalue weighted by molar-refractivity contribution is 6.04. The molecule has 0 spiro atoms. The zero-order valence-corrected chi connectivity index (χ0v) is 10.4. The lowest BCUT2D eigenvalue weighted by atomic mass is 10.1. The predicted octanol–water partition coefficient (Wildman–Crippen LogP) is 2.54. The van der Waals surface area contributed by atoms with Gasteiger partial charge in [0, 0.05) is 11.3 Å². The summed E-state index contributed by atoms with van der Waals surface area (Å²) in [5.74, 6) is 0.926. The van der Waals surface area contributed by atoms with Gasteiger partial charge in [0.2, 0.25) is 6.79 Å². The summed E-state index contributed by atoms with van der Waals surface area (Å²) in [4.78, 5) is 12.1. The summed E-state index contributed by atoms with van der Waals surface area (Å²) in [5.41, 5.74) is 1.54. The van der Waals surface area contributed by atoms with E-state index in [1.54, 1.807) is 42.5 Å². The Bertz CT molecular complexity index is 719. The van der Waals surface area contributed by atoms with E-state index in [2.05, 4.69) is 5.32 Å². The molecule has 98 valence electrons. The van der Waals surface area contributed by atoms with Crippen molar-refractivity contribution < 1.29 is 14.3 Å². The van der Waals surface area contributed by atoms with Crippen LogP contribution in [0.25, 0.3) is 0 Å². The molecular weight excluding hydrogens is 256 g/mol. The van der Waals surface area contributed by atoms with E-state index in [4.69, 9.17) is 14.7 Å². The second-order valence-corrected chi connectivity index (χ2v) is 4.21. The first-order valence-corrected chi connectivity index (χ1v) is 5.97. The molecule has 5 nitrogen and oxygen atoms in total. The first-order valence-electron chi connectivity index (χ1n) is 5.97. The molecule has 0 aromatic heterocycles. The fourth-order valence-corrected chi connectivity index (χ4v) is 1.91. The average molecular weight is 266 g/mol. The molecule has 1 aliphatic heterocycles. The van der Waals surface area contributed by atoms with E-state index >= 15 is 0 Å². The van der Waals surface area contributed by atoms with Crippen LogP contribution < -0.4 is 14.8 Å². The summed E-state index contributed by atoms with van der Waals surface area (Å²) < 4.78 is 10.4. The summed E-state index contributed by atoms with van der Waals surface area (Å²) in [6, 6.07) is 13.8. The van der Waals surface area contributed by atoms with Crippen LogP contribution >= 0.6 is 0 Å². The van der Waals surface area contributed by atoms with Gasteiger partial charge in [-0.1, -0.05) is 6.07 Å². The van der Waals surface area contributed by atoms with Gasteiger partial charge in [-0.05, 0) is 36.4 Å². The number of rotatable bonds is 2. The van der Waals surface area contributed by atoms with Gasteiger partial charge in [-0.15, -0.1) is 0 Å². The second-order valence-electron chi connectivity index (χ2n) is 4.21. The Balaban J connectivity index is 1.81. The number of amides is 1. The summed E-state index contributed by atoms with van der Waals surface area (Å²) in [7, 11) is 0. The molecule has 0 atom stereocenters. The Morgan fingerprint density at radius 1 is 1.15 bits per heavy atom. The van der Waals surface area contributed by atoms with Crippen LogP contribution in [0.15, 0.2) is 42.5 Å². The number of ether oxygens (including phenoxy) is 2. The molecule has 0 saturated carbocycles. The minimum absolute atomic E-state index is 0.171. The van der Waals surface area contributed by atoms with Crippen molar-refractivity contribution in [2.45, 2.75) is 0 Å². The third-order valence-corrected chi connectivity index (χ3v) is 2.88. The lowest BCUT2D eigenvalue weighted by Gasteiger charge is -2.06. The van der Waals surface area contributed by atoms with Gasteiger partial charge >= 0.3 is 0 Å². The fourth-order valence-electron chi connectivity index (χ4n) is 1.91. The number of anilines is 1. The molecule has 0 saturated heterocycles. The molecule has 0 radical (unpaired) electrons. The molecule has 0 aliphatic carbocycles. The molecule has 2 aromatic rings. The topological polar surface area (TPSA) is 71.4 Å². The highest BCUT2D eigenvalue weighted by Gasteiger charge is 2.16. The summed E-state index contributed by atoms with van der Waals surface area (Å²) in [6.45, 7) is 0.171. The standard InChI is InChI=1S/C15H10N2O3/c16-8-10-2-1-3-12(6-10)17-15(18)11-4-5-13-14(7-11)20-9-19-13/h1-7H,9H2,(H,17,18). The molecule has 1 N–H and O–H groups in total. The van der Waals surface area contributed by atoms with E-state index in [1.165, 1.54) is 0 Å². The van der Waals surface area contributed by atoms with Gasteiger partial charge in [0.1, 0.15) is 0 Å². The first kappa shape index (κ1) is 12.1. The maximum Gasteiger partial charge on any atom is 0.255 e. The van der Waals surface area contributed by atoms with Gasteiger partial charge < -0.3 is 14.8 Å². The Kier molecular flexibility index (Phi) is 2.98. The molecular formula is C15H10N2O3. The Hall–Kier alpha value is -3.00. The van der Waals surface area contributed by atoms with Gasteiger partial charge in [-0.3, -0.25) is 4.79 Å². The molecule has 20 heavy (non-hydrogen) atoms. The van der Waals surface area contributed by atoms with Crippen molar-refractivity contribution >= 4 is 11.6 Å². The monoisotopic (exact) mass is 266 g/mol. The number of nitriles is 1. The van der Waals surface area contributed by atoms with Gasteiger partial charge in [-0.25, -0.2) is 0 Å². The minimum atomic E-state index is -0.265. The lowest BCUT2D eigenvalue weighted by molar-refractivity contribution is 0.102. The normalized spacial score (nSPS) is 11.8. The third kappa shape index (κ3) is 2.27. The number of nitrogens with one attached hydrogen (secondary N) is 1.